The number of rotatable bonds is 9. The summed E-state index contributed by atoms with van der Waals surface area (Å²) < 4.78 is 34.6. The lowest BCUT2D eigenvalue weighted by molar-refractivity contribution is -0.254. The lowest BCUT2D eigenvalue weighted by atomic mass is 9.85. The Morgan fingerprint density at radius 2 is 1.45 bits per heavy atom. The standard InChI is InChI=1S/C32H35ClO11/c1-16(34)22-10-8-21(9-11-22)13-23-14-25(24-7-6-12-39-28(24)27(23)33)29-31(42-19(4)37)32(43-20(5)38)30(41-18(3)36)26(44-29)15-40-17(2)35/h8-11,14,26,29-32H,6-7,12-13,15H2,1-5H3/t26-,29+,30-,31+,32+/m1/s1. The van der Waals surface area contributed by atoms with Gasteiger partial charge in [0.15, 0.2) is 24.1 Å². The highest BCUT2D eigenvalue weighted by Gasteiger charge is 2.53. The topological polar surface area (TPSA) is 141 Å². The van der Waals surface area contributed by atoms with Crippen LogP contribution in [0.15, 0.2) is 30.3 Å². The fraction of sp³-hybridized carbons (Fsp3) is 0.469. The van der Waals surface area contributed by atoms with E-state index in [1.165, 1.54) is 34.6 Å². The lowest BCUT2D eigenvalue weighted by Crippen LogP contribution is -2.59. The molecule has 0 radical (unpaired) electrons. The van der Waals surface area contributed by atoms with Gasteiger partial charge in [0.05, 0.1) is 11.6 Å². The van der Waals surface area contributed by atoms with Gasteiger partial charge >= 0.3 is 23.9 Å². The molecule has 0 aliphatic carbocycles. The Labute approximate surface area is 260 Å². The molecule has 2 aromatic rings. The molecule has 2 aliphatic rings. The monoisotopic (exact) mass is 630 g/mol. The Morgan fingerprint density at radius 1 is 0.841 bits per heavy atom. The van der Waals surface area contributed by atoms with Crippen LogP contribution >= 0.6 is 11.6 Å². The van der Waals surface area contributed by atoms with E-state index in [9.17, 15) is 24.0 Å². The summed E-state index contributed by atoms with van der Waals surface area (Å²) in [7, 11) is 0. The first kappa shape index (κ1) is 32.9. The molecule has 0 N–H and O–H groups in total. The maximum absolute atomic E-state index is 12.4. The van der Waals surface area contributed by atoms with E-state index >= 15 is 0 Å². The van der Waals surface area contributed by atoms with Gasteiger partial charge in [-0.3, -0.25) is 24.0 Å². The van der Waals surface area contributed by atoms with Crippen molar-refractivity contribution < 1.29 is 52.4 Å². The van der Waals surface area contributed by atoms with Crippen LogP contribution in [0.5, 0.6) is 5.75 Å². The number of carbonyl (C=O) groups excluding carboxylic acids is 5. The SMILES string of the molecule is CC(=O)OC[C@H]1O[C@@H](c2cc(Cc3ccc(C(C)=O)cc3)c(Cl)c3c2CCCO3)[C@H](OC(C)=O)[C@@H](OC(C)=O)[C@@H]1OC(C)=O. The molecule has 2 aliphatic heterocycles. The highest BCUT2D eigenvalue weighted by Crippen LogP contribution is 2.46. The molecule has 5 atom stereocenters. The van der Waals surface area contributed by atoms with Crippen LogP contribution in [0.3, 0.4) is 0 Å². The summed E-state index contributed by atoms with van der Waals surface area (Å²) >= 11 is 6.89. The van der Waals surface area contributed by atoms with Crippen molar-refractivity contribution in [1.82, 2.24) is 0 Å². The van der Waals surface area contributed by atoms with Crippen LogP contribution in [0.4, 0.5) is 0 Å². The normalized spacial score (nSPS) is 22.5. The van der Waals surface area contributed by atoms with Crippen molar-refractivity contribution in [3.05, 3.63) is 63.2 Å². The maximum atomic E-state index is 12.4. The number of Topliss-reactive ketones (excluding diaryl/α,β-unsaturated/α-hetero) is 1. The van der Waals surface area contributed by atoms with Crippen molar-refractivity contribution >= 4 is 41.3 Å². The van der Waals surface area contributed by atoms with E-state index < -0.39 is 54.4 Å². The minimum atomic E-state index is -1.31. The van der Waals surface area contributed by atoms with Gasteiger partial charge in [0.25, 0.3) is 0 Å². The molecule has 0 saturated carbocycles. The molecule has 2 heterocycles. The molecule has 236 valence electrons. The number of fused-ring (bicyclic) bond motifs is 1. The largest absolute Gasteiger partial charge is 0.492 e. The minimum absolute atomic E-state index is 0.0530. The predicted octanol–water partition coefficient (Wildman–Crippen LogP) is 4.26. The molecule has 2 aromatic carbocycles. The van der Waals surface area contributed by atoms with Gasteiger partial charge in [0.2, 0.25) is 0 Å². The van der Waals surface area contributed by atoms with Crippen LogP contribution in [0, 0.1) is 0 Å². The van der Waals surface area contributed by atoms with Gasteiger partial charge in [0, 0.05) is 38.8 Å². The quantitative estimate of drug-likeness (QED) is 0.223. The third-order valence-electron chi connectivity index (χ3n) is 7.30. The number of ether oxygens (including phenoxy) is 6. The van der Waals surface area contributed by atoms with Crippen molar-refractivity contribution in [2.24, 2.45) is 0 Å². The first-order valence-corrected chi connectivity index (χ1v) is 14.6. The number of hydrogen-bond acceptors (Lipinski definition) is 11. The molecular formula is C32H35ClO11. The number of esters is 4. The van der Waals surface area contributed by atoms with Gasteiger partial charge in [-0.15, -0.1) is 0 Å². The number of carbonyl (C=O) groups is 5. The van der Waals surface area contributed by atoms with Crippen LogP contribution in [0.2, 0.25) is 5.02 Å². The molecule has 1 saturated heterocycles. The molecule has 0 amide bonds. The van der Waals surface area contributed by atoms with Crippen LogP contribution in [-0.4, -0.2) is 67.3 Å². The molecule has 0 aromatic heterocycles. The molecule has 11 nitrogen and oxygen atoms in total. The highest BCUT2D eigenvalue weighted by molar-refractivity contribution is 6.33. The molecule has 0 bridgehead atoms. The summed E-state index contributed by atoms with van der Waals surface area (Å²) in [6.45, 7) is 6.35. The summed E-state index contributed by atoms with van der Waals surface area (Å²) in [4.78, 5) is 60.4. The second-order valence-electron chi connectivity index (χ2n) is 10.7. The Balaban J connectivity index is 1.86. The summed E-state index contributed by atoms with van der Waals surface area (Å²) in [6, 6.07) is 8.97. The Morgan fingerprint density at radius 3 is 2.05 bits per heavy atom. The first-order chi connectivity index (χ1) is 20.8. The number of hydrogen-bond donors (Lipinski definition) is 0. The fourth-order valence-corrected chi connectivity index (χ4v) is 5.81. The van der Waals surface area contributed by atoms with Gasteiger partial charge in [-0.05, 0) is 42.9 Å². The molecule has 0 unspecified atom stereocenters. The Hall–Kier alpha value is -3.96. The van der Waals surface area contributed by atoms with Crippen molar-refractivity contribution in [2.75, 3.05) is 13.2 Å². The molecule has 12 heteroatoms. The van der Waals surface area contributed by atoms with Gasteiger partial charge in [0.1, 0.15) is 24.6 Å². The zero-order valence-corrected chi connectivity index (χ0v) is 25.9. The number of ketones is 1. The number of benzene rings is 2. The number of halogens is 1. The van der Waals surface area contributed by atoms with E-state index in [4.69, 9.17) is 40.0 Å². The molecule has 0 spiro atoms. The zero-order chi connectivity index (χ0) is 32.1. The van der Waals surface area contributed by atoms with Crippen molar-refractivity contribution in [2.45, 2.75) is 84.4 Å². The molecule has 44 heavy (non-hydrogen) atoms. The van der Waals surface area contributed by atoms with E-state index in [0.29, 0.717) is 53.3 Å². The zero-order valence-electron chi connectivity index (χ0n) is 25.2. The van der Waals surface area contributed by atoms with E-state index in [1.807, 2.05) is 18.2 Å². The molecule has 1 fully saturated rings. The van der Waals surface area contributed by atoms with Crippen molar-refractivity contribution in [1.29, 1.82) is 0 Å². The Bertz CT molecular complexity index is 1430. The highest BCUT2D eigenvalue weighted by atomic mass is 35.5. The lowest BCUT2D eigenvalue weighted by Gasteiger charge is -2.45. The predicted molar refractivity (Wildman–Crippen MR) is 155 cm³/mol. The molecular weight excluding hydrogens is 596 g/mol. The second kappa shape index (κ2) is 14.2. The van der Waals surface area contributed by atoms with Gasteiger partial charge in [-0.25, -0.2) is 0 Å². The summed E-state index contributed by atoms with van der Waals surface area (Å²) in [5.41, 5.74) is 3.41. The summed E-state index contributed by atoms with van der Waals surface area (Å²) in [5, 5.41) is 0.407. The van der Waals surface area contributed by atoms with Crippen molar-refractivity contribution in [3.63, 3.8) is 0 Å². The van der Waals surface area contributed by atoms with Gasteiger partial charge < -0.3 is 28.4 Å². The first-order valence-electron chi connectivity index (χ1n) is 14.2. The third kappa shape index (κ3) is 7.75. The average Bonchev–Trinajstić information content (AvgIpc) is 2.95. The third-order valence-corrected chi connectivity index (χ3v) is 7.72. The van der Waals surface area contributed by atoms with E-state index in [2.05, 4.69) is 0 Å². The second-order valence-corrected chi connectivity index (χ2v) is 11.1. The fourth-order valence-electron chi connectivity index (χ4n) is 5.52. The summed E-state index contributed by atoms with van der Waals surface area (Å²) in [5.74, 6) is -2.31. The van der Waals surface area contributed by atoms with E-state index in [0.717, 1.165) is 11.1 Å². The van der Waals surface area contributed by atoms with Crippen LogP contribution in [0.25, 0.3) is 0 Å². The minimum Gasteiger partial charge on any atom is -0.492 e. The van der Waals surface area contributed by atoms with Crippen LogP contribution < -0.4 is 4.74 Å². The molecule has 4 rings (SSSR count). The van der Waals surface area contributed by atoms with Crippen molar-refractivity contribution in [3.8, 4) is 5.75 Å². The average molecular weight is 631 g/mol. The van der Waals surface area contributed by atoms with Gasteiger partial charge in [-0.1, -0.05) is 41.9 Å². The van der Waals surface area contributed by atoms with Gasteiger partial charge in [-0.2, -0.15) is 0 Å². The van der Waals surface area contributed by atoms with Crippen LogP contribution in [-0.2, 0) is 55.7 Å². The smallest absolute Gasteiger partial charge is 0.303 e. The van der Waals surface area contributed by atoms with Crippen LogP contribution in [0.1, 0.15) is 79.8 Å². The van der Waals surface area contributed by atoms with E-state index in [1.54, 1.807) is 12.1 Å². The summed E-state index contributed by atoms with van der Waals surface area (Å²) in [6.07, 6.45) is -4.40. The maximum Gasteiger partial charge on any atom is 0.303 e. The van der Waals surface area contributed by atoms with E-state index in [-0.39, 0.29) is 12.4 Å². The Kier molecular flexibility index (Phi) is 10.6.